The fraction of sp³-hybridized carbons (Fsp3) is 0.556. The Balaban J connectivity index is 0.00000243. The molecule has 2 aromatic heterocycles. The standard InChI is InChI=1S/C18H26ClN5S.HI/c1-3-21-18(22-8-6-15-4-5-17(19)25-15)23-10-7-14(2)16(12-23)24-11-9-20-13-24;/h4-5,9,11,13-14,16H,3,6-8,10,12H2,1-2H3,(H,21,22);1H. The van der Waals surface area contributed by atoms with Crippen LogP contribution in [0, 0.1) is 5.92 Å². The highest BCUT2D eigenvalue weighted by Crippen LogP contribution is 2.27. The molecule has 1 saturated heterocycles. The minimum atomic E-state index is 0. The lowest BCUT2D eigenvalue weighted by Crippen LogP contribution is -2.49. The molecule has 0 bridgehead atoms. The predicted molar refractivity (Wildman–Crippen MR) is 121 cm³/mol. The molecule has 0 spiro atoms. The van der Waals surface area contributed by atoms with E-state index in [1.807, 2.05) is 18.6 Å². The summed E-state index contributed by atoms with van der Waals surface area (Å²) in [5.41, 5.74) is 0. The van der Waals surface area contributed by atoms with Crippen LogP contribution in [0.4, 0.5) is 0 Å². The lowest BCUT2D eigenvalue weighted by Gasteiger charge is -2.39. The first-order valence-electron chi connectivity index (χ1n) is 8.92. The quantitative estimate of drug-likeness (QED) is 0.373. The van der Waals surface area contributed by atoms with Crippen LogP contribution in [0.25, 0.3) is 0 Å². The first-order chi connectivity index (χ1) is 12.2. The average molecular weight is 508 g/mol. The van der Waals surface area contributed by atoms with Crippen LogP contribution in [-0.2, 0) is 6.42 Å². The van der Waals surface area contributed by atoms with Gasteiger partial charge < -0.3 is 14.8 Å². The van der Waals surface area contributed by atoms with Crippen molar-refractivity contribution in [1.29, 1.82) is 0 Å². The Morgan fingerprint density at radius 3 is 2.96 bits per heavy atom. The largest absolute Gasteiger partial charge is 0.357 e. The molecule has 8 heteroatoms. The van der Waals surface area contributed by atoms with Crippen LogP contribution in [0.3, 0.4) is 0 Å². The van der Waals surface area contributed by atoms with Gasteiger partial charge in [0.2, 0.25) is 0 Å². The Morgan fingerprint density at radius 1 is 1.46 bits per heavy atom. The summed E-state index contributed by atoms with van der Waals surface area (Å²) >= 11 is 7.65. The van der Waals surface area contributed by atoms with Gasteiger partial charge in [0.05, 0.1) is 16.7 Å². The predicted octanol–water partition coefficient (Wildman–Crippen LogP) is 4.31. The maximum atomic E-state index is 6.01. The average Bonchev–Trinajstić information content (AvgIpc) is 3.26. The highest BCUT2D eigenvalue weighted by atomic mass is 127. The van der Waals surface area contributed by atoms with Crippen LogP contribution in [0.5, 0.6) is 0 Å². The fourth-order valence-corrected chi connectivity index (χ4v) is 4.36. The Hall–Kier alpha value is -0.800. The second kappa shape index (κ2) is 10.5. The summed E-state index contributed by atoms with van der Waals surface area (Å²) in [4.78, 5) is 12.7. The second-order valence-electron chi connectivity index (χ2n) is 6.48. The number of likely N-dealkylation sites (tertiary alicyclic amines) is 1. The van der Waals surface area contributed by atoms with E-state index in [2.05, 4.69) is 45.9 Å². The molecule has 1 fully saturated rings. The van der Waals surface area contributed by atoms with Crippen LogP contribution in [0.15, 0.2) is 35.8 Å². The van der Waals surface area contributed by atoms with E-state index < -0.39 is 0 Å². The van der Waals surface area contributed by atoms with Crippen molar-refractivity contribution in [3.8, 4) is 0 Å². The molecule has 1 aliphatic heterocycles. The molecule has 26 heavy (non-hydrogen) atoms. The number of nitrogens with zero attached hydrogens (tertiary/aromatic N) is 4. The van der Waals surface area contributed by atoms with Crippen LogP contribution in [-0.4, -0.2) is 46.6 Å². The third kappa shape index (κ3) is 5.60. The molecule has 5 nitrogen and oxygen atoms in total. The summed E-state index contributed by atoms with van der Waals surface area (Å²) < 4.78 is 3.08. The Morgan fingerprint density at radius 2 is 2.31 bits per heavy atom. The molecule has 1 N–H and O–H groups in total. The number of halogens is 2. The molecular weight excluding hydrogens is 481 g/mol. The van der Waals surface area contributed by atoms with Crippen LogP contribution < -0.4 is 5.32 Å². The normalized spacial score (nSPS) is 20.7. The third-order valence-corrected chi connectivity index (χ3v) is 6.00. The molecule has 0 saturated carbocycles. The van der Waals surface area contributed by atoms with Gasteiger partial charge in [-0.1, -0.05) is 18.5 Å². The Labute approximate surface area is 181 Å². The number of aliphatic imine (C=N–C) groups is 1. The van der Waals surface area contributed by atoms with Crippen molar-refractivity contribution in [1.82, 2.24) is 19.8 Å². The number of hydrogen-bond acceptors (Lipinski definition) is 3. The summed E-state index contributed by atoms with van der Waals surface area (Å²) in [6, 6.07) is 4.49. The SMILES string of the molecule is CCNC(=NCCc1ccc(Cl)s1)N1CCC(C)C(n2ccnc2)C1.I. The number of aromatic nitrogens is 2. The van der Waals surface area contributed by atoms with Crippen molar-refractivity contribution >= 4 is 52.9 Å². The van der Waals surface area contributed by atoms with Gasteiger partial charge in [0.15, 0.2) is 5.96 Å². The third-order valence-electron chi connectivity index (χ3n) is 4.71. The van der Waals surface area contributed by atoms with Gasteiger partial charge in [0, 0.05) is 49.9 Å². The van der Waals surface area contributed by atoms with Crippen molar-refractivity contribution in [2.75, 3.05) is 26.2 Å². The van der Waals surface area contributed by atoms with Gasteiger partial charge >= 0.3 is 0 Å². The van der Waals surface area contributed by atoms with Gasteiger partial charge in [-0.15, -0.1) is 35.3 Å². The monoisotopic (exact) mass is 507 g/mol. The van der Waals surface area contributed by atoms with Crippen LogP contribution in [0.2, 0.25) is 4.34 Å². The number of hydrogen-bond donors (Lipinski definition) is 1. The van der Waals surface area contributed by atoms with Crippen molar-refractivity contribution in [3.05, 3.63) is 40.1 Å². The molecule has 144 valence electrons. The van der Waals surface area contributed by atoms with Gasteiger partial charge in [0.25, 0.3) is 0 Å². The molecule has 1 aliphatic rings. The molecule has 0 aromatic carbocycles. The van der Waals surface area contributed by atoms with Crippen molar-refractivity contribution in [3.63, 3.8) is 0 Å². The summed E-state index contributed by atoms with van der Waals surface area (Å²) in [6.07, 6.45) is 7.94. The van der Waals surface area contributed by atoms with Gasteiger partial charge in [-0.05, 0) is 31.4 Å². The summed E-state index contributed by atoms with van der Waals surface area (Å²) in [6.45, 7) is 8.12. The second-order valence-corrected chi connectivity index (χ2v) is 8.28. The van der Waals surface area contributed by atoms with Crippen molar-refractivity contribution in [2.45, 2.75) is 32.7 Å². The van der Waals surface area contributed by atoms with E-state index in [1.165, 1.54) is 4.88 Å². The minimum absolute atomic E-state index is 0. The highest BCUT2D eigenvalue weighted by molar-refractivity contribution is 14.0. The zero-order valence-corrected chi connectivity index (χ0v) is 19.2. The summed E-state index contributed by atoms with van der Waals surface area (Å²) in [5.74, 6) is 1.66. The maximum absolute atomic E-state index is 6.01. The number of rotatable bonds is 5. The zero-order chi connectivity index (χ0) is 17.6. The van der Waals surface area contributed by atoms with Gasteiger partial charge in [-0.2, -0.15) is 0 Å². The number of guanidine groups is 1. The highest BCUT2D eigenvalue weighted by Gasteiger charge is 2.28. The number of thiophene rings is 1. The molecule has 3 rings (SSSR count). The lowest BCUT2D eigenvalue weighted by molar-refractivity contribution is 0.189. The Bertz CT molecular complexity index is 688. The molecule has 3 heterocycles. The molecule has 0 radical (unpaired) electrons. The van der Waals surface area contributed by atoms with E-state index in [0.29, 0.717) is 12.0 Å². The van der Waals surface area contributed by atoms with E-state index in [-0.39, 0.29) is 24.0 Å². The fourth-order valence-electron chi connectivity index (χ4n) is 3.28. The van der Waals surface area contributed by atoms with E-state index in [9.17, 15) is 0 Å². The van der Waals surface area contributed by atoms with Crippen molar-refractivity contribution in [2.24, 2.45) is 10.9 Å². The smallest absolute Gasteiger partial charge is 0.193 e. The number of imidazole rings is 1. The minimum Gasteiger partial charge on any atom is -0.357 e. The first kappa shape index (κ1) is 21.5. The number of nitrogens with one attached hydrogen (secondary N) is 1. The van der Waals surface area contributed by atoms with E-state index in [1.54, 1.807) is 11.3 Å². The van der Waals surface area contributed by atoms with E-state index >= 15 is 0 Å². The molecule has 2 atom stereocenters. The number of piperidine rings is 1. The molecule has 2 aromatic rings. The van der Waals surface area contributed by atoms with Gasteiger partial charge in [-0.25, -0.2) is 4.98 Å². The van der Waals surface area contributed by atoms with Crippen molar-refractivity contribution < 1.29 is 0 Å². The molecule has 2 unspecified atom stereocenters. The summed E-state index contributed by atoms with van der Waals surface area (Å²) in [5, 5.41) is 3.45. The summed E-state index contributed by atoms with van der Waals surface area (Å²) in [7, 11) is 0. The van der Waals surface area contributed by atoms with Crippen LogP contribution in [0.1, 0.15) is 31.2 Å². The van der Waals surface area contributed by atoms with Gasteiger partial charge in [0.1, 0.15) is 0 Å². The Kier molecular flexibility index (Phi) is 8.69. The van der Waals surface area contributed by atoms with E-state index in [4.69, 9.17) is 16.6 Å². The van der Waals surface area contributed by atoms with E-state index in [0.717, 1.165) is 49.3 Å². The maximum Gasteiger partial charge on any atom is 0.193 e. The van der Waals surface area contributed by atoms with Crippen LogP contribution >= 0.6 is 46.9 Å². The zero-order valence-electron chi connectivity index (χ0n) is 15.3. The molecular formula is C18H27ClIN5S. The lowest BCUT2D eigenvalue weighted by atomic mass is 9.93. The van der Waals surface area contributed by atoms with Gasteiger partial charge in [-0.3, -0.25) is 4.99 Å². The molecule has 0 amide bonds. The first-order valence-corrected chi connectivity index (χ1v) is 10.1. The molecule has 0 aliphatic carbocycles. The topological polar surface area (TPSA) is 45.5 Å².